The first-order valence-corrected chi connectivity index (χ1v) is 12.7. The van der Waals surface area contributed by atoms with Crippen molar-refractivity contribution in [3.05, 3.63) is 94.0 Å². The molecule has 33 heavy (non-hydrogen) atoms. The van der Waals surface area contributed by atoms with E-state index in [-0.39, 0.29) is 12.5 Å². The average molecular weight is 487 g/mol. The van der Waals surface area contributed by atoms with Crippen LogP contribution in [0.1, 0.15) is 27.0 Å². The second kappa shape index (κ2) is 10.7. The quantitative estimate of drug-likeness (QED) is 0.443. The molecule has 0 heterocycles. The van der Waals surface area contributed by atoms with Crippen molar-refractivity contribution in [2.24, 2.45) is 0 Å². The summed E-state index contributed by atoms with van der Waals surface area (Å²) in [6, 6.07) is 19.4. The van der Waals surface area contributed by atoms with E-state index < -0.39 is 10.0 Å². The number of amides is 1. The summed E-state index contributed by atoms with van der Waals surface area (Å²) >= 11 is 6.20. The van der Waals surface area contributed by atoms with E-state index in [1.807, 2.05) is 32.0 Å². The van der Waals surface area contributed by atoms with E-state index in [0.717, 1.165) is 17.6 Å². The van der Waals surface area contributed by atoms with Crippen LogP contribution in [-0.2, 0) is 16.6 Å². The Labute approximate surface area is 200 Å². The third kappa shape index (κ3) is 6.73. The molecule has 8 heteroatoms. The molecule has 0 aliphatic carbocycles. The van der Waals surface area contributed by atoms with E-state index in [9.17, 15) is 13.2 Å². The minimum atomic E-state index is -3.56. The Morgan fingerprint density at radius 3 is 2.33 bits per heavy atom. The number of ether oxygens (including phenoxy) is 1. The van der Waals surface area contributed by atoms with Crippen LogP contribution in [0.15, 0.2) is 66.7 Å². The lowest BCUT2D eigenvalue weighted by atomic mass is 10.1. The van der Waals surface area contributed by atoms with Gasteiger partial charge >= 0.3 is 0 Å². The monoisotopic (exact) mass is 486 g/mol. The zero-order valence-electron chi connectivity index (χ0n) is 18.8. The van der Waals surface area contributed by atoms with Crippen LogP contribution in [0.2, 0.25) is 5.02 Å². The zero-order valence-corrected chi connectivity index (χ0v) is 20.4. The molecule has 0 atom stereocenters. The first-order chi connectivity index (χ1) is 15.6. The van der Waals surface area contributed by atoms with Crippen LogP contribution in [0.3, 0.4) is 0 Å². The maximum atomic E-state index is 12.5. The summed E-state index contributed by atoms with van der Waals surface area (Å²) in [5.41, 5.74) is 3.91. The third-order valence-corrected chi connectivity index (χ3v) is 6.73. The van der Waals surface area contributed by atoms with Crippen LogP contribution >= 0.6 is 11.6 Å². The first-order valence-electron chi connectivity index (χ1n) is 10.4. The molecular weight excluding hydrogens is 460 g/mol. The van der Waals surface area contributed by atoms with Gasteiger partial charge in [0.15, 0.2) is 0 Å². The Morgan fingerprint density at radius 1 is 1.00 bits per heavy atom. The molecule has 0 aliphatic heterocycles. The average Bonchev–Trinajstić information content (AvgIpc) is 2.77. The van der Waals surface area contributed by atoms with Gasteiger partial charge in [-0.05, 0) is 73.0 Å². The van der Waals surface area contributed by atoms with Crippen molar-refractivity contribution in [1.29, 1.82) is 0 Å². The molecule has 3 aromatic carbocycles. The molecule has 0 spiro atoms. The molecule has 0 saturated heterocycles. The van der Waals surface area contributed by atoms with Crippen LogP contribution in [0.5, 0.6) is 5.75 Å². The molecule has 3 rings (SSSR count). The SMILES string of the molecule is Cc1ccc(OCCNC(=O)c2ccc(N(Cc3ccccc3Cl)S(C)(=O)=O)cc2)cc1C. The normalized spacial score (nSPS) is 11.2. The Kier molecular flexibility index (Phi) is 8.00. The zero-order chi connectivity index (χ0) is 24.0. The van der Waals surface area contributed by atoms with E-state index in [0.29, 0.717) is 35.0 Å². The van der Waals surface area contributed by atoms with Crippen LogP contribution in [0.4, 0.5) is 5.69 Å². The summed E-state index contributed by atoms with van der Waals surface area (Å²) in [5.74, 6) is 0.498. The number of sulfonamides is 1. The summed E-state index contributed by atoms with van der Waals surface area (Å²) in [6.07, 6.45) is 1.14. The van der Waals surface area contributed by atoms with Crippen LogP contribution < -0.4 is 14.4 Å². The standard InChI is InChI=1S/C25H27ClN2O4S/c1-18-8-13-23(16-19(18)2)32-15-14-27-25(29)20-9-11-22(12-10-20)28(33(3,30)31)17-21-6-4-5-7-24(21)26/h4-13,16H,14-15,17H2,1-3H3,(H,27,29). The fourth-order valence-corrected chi connectivity index (χ4v) is 4.27. The molecule has 0 aliphatic rings. The van der Waals surface area contributed by atoms with Gasteiger partial charge in [0.1, 0.15) is 12.4 Å². The second-order valence-corrected chi connectivity index (χ2v) is 10.1. The Bertz CT molecular complexity index is 1230. The molecule has 174 valence electrons. The molecule has 0 unspecified atom stereocenters. The maximum absolute atomic E-state index is 12.5. The number of nitrogens with one attached hydrogen (secondary N) is 1. The summed E-state index contributed by atoms with van der Waals surface area (Å²) in [4.78, 5) is 12.5. The van der Waals surface area contributed by atoms with Gasteiger partial charge in [-0.2, -0.15) is 0 Å². The number of hydrogen-bond acceptors (Lipinski definition) is 4. The minimum Gasteiger partial charge on any atom is -0.492 e. The molecule has 0 saturated carbocycles. The van der Waals surface area contributed by atoms with Gasteiger partial charge in [-0.15, -0.1) is 0 Å². The van der Waals surface area contributed by atoms with Crippen molar-refractivity contribution in [1.82, 2.24) is 5.32 Å². The number of halogens is 1. The fraction of sp³-hybridized carbons (Fsp3) is 0.240. The van der Waals surface area contributed by atoms with Crippen molar-refractivity contribution in [2.75, 3.05) is 23.7 Å². The molecule has 0 aromatic heterocycles. The summed E-state index contributed by atoms with van der Waals surface area (Å²) in [7, 11) is -3.56. The number of rotatable bonds is 9. The number of nitrogens with zero attached hydrogens (tertiary/aromatic N) is 1. The lowest BCUT2D eigenvalue weighted by Crippen LogP contribution is -2.30. The van der Waals surface area contributed by atoms with Crippen molar-refractivity contribution < 1.29 is 17.9 Å². The van der Waals surface area contributed by atoms with Gasteiger partial charge in [0, 0.05) is 10.6 Å². The first kappa shape index (κ1) is 24.6. The number of benzene rings is 3. The molecule has 0 radical (unpaired) electrons. The summed E-state index contributed by atoms with van der Waals surface area (Å²) in [6.45, 7) is 4.84. The number of carbonyl (C=O) groups excluding carboxylic acids is 1. The summed E-state index contributed by atoms with van der Waals surface area (Å²) in [5, 5.41) is 3.30. The van der Waals surface area contributed by atoms with E-state index in [1.54, 1.807) is 48.5 Å². The molecule has 0 fully saturated rings. The Balaban J connectivity index is 1.60. The van der Waals surface area contributed by atoms with Gasteiger partial charge in [-0.1, -0.05) is 35.9 Å². The van der Waals surface area contributed by atoms with Crippen molar-refractivity contribution in [3.63, 3.8) is 0 Å². The van der Waals surface area contributed by atoms with Gasteiger partial charge in [0.25, 0.3) is 5.91 Å². The molecule has 3 aromatic rings. The molecular formula is C25H27ClN2O4S. The minimum absolute atomic E-state index is 0.0971. The summed E-state index contributed by atoms with van der Waals surface area (Å²) < 4.78 is 31.7. The fourth-order valence-electron chi connectivity index (χ4n) is 3.20. The lowest BCUT2D eigenvalue weighted by Gasteiger charge is -2.23. The predicted octanol–water partition coefficient (Wildman–Crippen LogP) is 4.73. The highest BCUT2D eigenvalue weighted by Crippen LogP contribution is 2.24. The lowest BCUT2D eigenvalue weighted by molar-refractivity contribution is 0.0947. The van der Waals surface area contributed by atoms with Gasteiger partial charge in [-0.3, -0.25) is 9.10 Å². The van der Waals surface area contributed by atoms with E-state index in [4.69, 9.17) is 16.3 Å². The van der Waals surface area contributed by atoms with Gasteiger partial charge in [-0.25, -0.2) is 8.42 Å². The molecule has 1 N–H and O–H groups in total. The highest BCUT2D eigenvalue weighted by molar-refractivity contribution is 7.92. The predicted molar refractivity (Wildman–Crippen MR) is 133 cm³/mol. The Morgan fingerprint density at radius 2 is 1.70 bits per heavy atom. The number of anilines is 1. The Hall–Kier alpha value is -3.03. The number of carbonyl (C=O) groups is 1. The molecule has 0 bridgehead atoms. The van der Waals surface area contributed by atoms with Crippen LogP contribution in [0.25, 0.3) is 0 Å². The van der Waals surface area contributed by atoms with Gasteiger partial charge in [0.05, 0.1) is 25.0 Å². The van der Waals surface area contributed by atoms with E-state index >= 15 is 0 Å². The largest absolute Gasteiger partial charge is 0.492 e. The van der Waals surface area contributed by atoms with E-state index in [1.165, 1.54) is 9.87 Å². The molecule has 1 amide bonds. The van der Waals surface area contributed by atoms with Gasteiger partial charge < -0.3 is 10.1 Å². The van der Waals surface area contributed by atoms with Gasteiger partial charge in [0.2, 0.25) is 10.0 Å². The highest BCUT2D eigenvalue weighted by atomic mass is 35.5. The smallest absolute Gasteiger partial charge is 0.251 e. The molecule has 6 nitrogen and oxygen atoms in total. The van der Waals surface area contributed by atoms with Crippen molar-refractivity contribution in [2.45, 2.75) is 20.4 Å². The van der Waals surface area contributed by atoms with Crippen LogP contribution in [0, 0.1) is 13.8 Å². The highest BCUT2D eigenvalue weighted by Gasteiger charge is 2.19. The van der Waals surface area contributed by atoms with Crippen molar-refractivity contribution >= 4 is 33.2 Å². The third-order valence-electron chi connectivity index (χ3n) is 5.22. The topological polar surface area (TPSA) is 75.7 Å². The van der Waals surface area contributed by atoms with Crippen LogP contribution in [-0.4, -0.2) is 33.7 Å². The number of aryl methyl sites for hydroxylation is 2. The maximum Gasteiger partial charge on any atom is 0.251 e. The van der Waals surface area contributed by atoms with E-state index in [2.05, 4.69) is 5.32 Å². The number of hydrogen-bond donors (Lipinski definition) is 1. The van der Waals surface area contributed by atoms with Crippen molar-refractivity contribution in [3.8, 4) is 5.75 Å². The second-order valence-electron chi connectivity index (χ2n) is 7.76.